The highest BCUT2D eigenvalue weighted by atomic mass is 16.6. The summed E-state index contributed by atoms with van der Waals surface area (Å²) in [5, 5.41) is 4.12. The van der Waals surface area contributed by atoms with Gasteiger partial charge in [-0.05, 0) is 32.4 Å². The third-order valence-corrected chi connectivity index (χ3v) is 2.87. The van der Waals surface area contributed by atoms with E-state index in [1.54, 1.807) is 0 Å². The van der Waals surface area contributed by atoms with E-state index in [0.29, 0.717) is 6.61 Å². The summed E-state index contributed by atoms with van der Waals surface area (Å²) in [6.07, 6.45) is 1.07. The van der Waals surface area contributed by atoms with Gasteiger partial charge in [0.25, 0.3) is 0 Å². The molecule has 0 aliphatic heterocycles. The second-order valence-electron chi connectivity index (χ2n) is 5.13. The Morgan fingerprint density at radius 2 is 2.12 bits per heavy atom. The van der Waals surface area contributed by atoms with Crippen molar-refractivity contribution in [2.24, 2.45) is 10.6 Å². The Bertz CT molecular complexity index is 397. The van der Waals surface area contributed by atoms with Gasteiger partial charge >= 0.3 is 0 Å². The lowest BCUT2D eigenvalue weighted by Gasteiger charge is -2.20. The van der Waals surface area contributed by atoms with Crippen LogP contribution in [0.15, 0.2) is 23.4 Å². The van der Waals surface area contributed by atoms with E-state index in [0.717, 1.165) is 23.5 Å². The maximum absolute atomic E-state index is 5.39. The quantitative estimate of drug-likeness (QED) is 0.576. The molecular formula is C14H22N2O. The lowest BCUT2D eigenvalue weighted by atomic mass is 9.92. The Hall–Kier alpha value is -1.38. The number of pyridine rings is 1. The molecule has 0 radical (unpaired) electrons. The molecule has 3 nitrogen and oxygen atoms in total. The molecule has 0 saturated carbocycles. The topological polar surface area (TPSA) is 34.5 Å². The van der Waals surface area contributed by atoms with Crippen LogP contribution in [0.5, 0.6) is 0 Å². The highest BCUT2D eigenvalue weighted by Gasteiger charge is 2.15. The molecule has 0 atom stereocenters. The number of rotatable bonds is 5. The van der Waals surface area contributed by atoms with Crippen LogP contribution >= 0.6 is 0 Å². The largest absolute Gasteiger partial charge is 0.395 e. The van der Waals surface area contributed by atoms with Gasteiger partial charge in [-0.15, -0.1) is 0 Å². The normalized spacial score (nSPS) is 12.6. The van der Waals surface area contributed by atoms with Gasteiger partial charge in [0.2, 0.25) is 0 Å². The van der Waals surface area contributed by atoms with Crippen molar-refractivity contribution in [3.05, 3.63) is 29.6 Å². The first-order chi connectivity index (χ1) is 7.94. The minimum absolute atomic E-state index is 0.170. The van der Waals surface area contributed by atoms with Crippen LogP contribution in [0, 0.1) is 12.3 Å². The second-order valence-corrected chi connectivity index (χ2v) is 5.13. The maximum Gasteiger partial charge on any atom is 0.122 e. The highest BCUT2D eigenvalue weighted by molar-refractivity contribution is 5.96. The molecule has 1 aromatic heterocycles. The predicted molar refractivity (Wildman–Crippen MR) is 71.2 cm³/mol. The van der Waals surface area contributed by atoms with Gasteiger partial charge in [0, 0.05) is 11.1 Å². The van der Waals surface area contributed by atoms with E-state index in [1.807, 2.05) is 32.0 Å². The van der Waals surface area contributed by atoms with E-state index < -0.39 is 0 Å². The lowest BCUT2D eigenvalue weighted by Crippen LogP contribution is -2.17. The minimum atomic E-state index is 0.170. The first-order valence-electron chi connectivity index (χ1n) is 6.05. The molecule has 0 spiro atoms. The van der Waals surface area contributed by atoms with E-state index in [-0.39, 0.29) is 5.41 Å². The molecule has 0 aromatic carbocycles. The fraction of sp³-hybridized carbons (Fsp3) is 0.571. The summed E-state index contributed by atoms with van der Waals surface area (Å²) in [5.41, 5.74) is 2.86. The molecule has 0 N–H and O–H groups in total. The molecule has 0 unspecified atom stereocenters. The van der Waals surface area contributed by atoms with Gasteiger partial charge in [-0.25, -0.2) is 0 Å². The summed E-state index contributed by atoms with van der Waals surface area (Å²) in [7, 11) is 0. The number of oxime groups is 1. The van der Waals surface area contributed by atoms with E-state index in [9.17, 15) is 0 Å². The molecule has 0 aliphatic rings. The Balaban J connectivity index is 2.61. The van der Waals surface area contributed by atoms with Crippen molar-refractivity contribution in [2.75, 3.05) is 6.61 Å². The molecule has 94 valence electrons. The van der Waals surface area contributed by atoms with Crippen LogP contribution in [-0.2, 0) is 4.84 Å². The van der Waals surface area contributed by atoms with Gasteiger partial charge in [0.15, 0.2) is 0 Å². The van der Waals surface area contributed by atoms with Crippen molar-refractivity contribution in [1.82, 2.24) is 4.98 Å². The first kappa shape index (κ1) is 13.7. The lowest BCUT2D eigenvalue weighted by molar-refractivity contribution is 0.0655. The number of hydrogen-bond donors (Lipinski definition) is 0. The molecule has 0 saturated heterocycles. The fourth-order valence-corrected chi connectivity index (χ4v) is 1.20. The molecule has 1 aromatic rings. The standard InChI is InChI=1S/C14H22N2O/c1-6-14(4,5)10-17-16-12(3)13-9-7-8-11(2)15-13/h7-9H,6,10H2,1-5H3/b16-12+. The van der Waals surface area contributed by atoms with Gasteiger partial charge in [0.05, 0.1) is 5.69 Å². The molecule has 0 aliphatic carbocycles. The second kappa shape index (κ2) is 5.80. The van der Waals surface area contributed by atoms with Gasteiger partial charge in [0.1, 0.15) is 12.3 Å². The first-order valence-corrected chi connectivity index (χ1v) is 6.05. The van der Waals surface area contributed by atoms with Crippen LogP contribution in [-0.4, -0.2) is 17.3 Å². The SMILES string of the molecule is CCC(C)(C)CO/N=C(\C)c1cccc(C)n1. The summed E-state index contributed by atoms with van der Waals surface area (Å²) < 4.78 is 0. The van der Waals surface area contributed by atoms with Crippen LogP contribution in [0.25, 0.3) is 0 Å². The highest BCUT2D eigenvalue weighted by Crippen LogP contribution is 2.19. The van der Waals surface area contributed by atoms with E-state index in [2.05, 4.69) is 30.9 Å². The molecule has 0 amide bonds. The Kier molecular flexibility index (Phi) is 4.67. The molecule has 1 heterocycles. The van der Waals surface area contributed by atoms with Crippen molar-refractivity contribution in [1.29, 1.82) is 0 Å². The Morgan fingerprint density at radius 3 is 2.71 bits per heavy atom. The zero-order chi connectivity index (χ0) is 12.9. The van der Waals surface area contributed by atoms with E-state index in [1.165, 1.54) is 0 Å². The van der Waals surface area contributed by atoms with Gasteiger partial charge in [-0.1, -0.05) is 32.0 Å². The third-order valence-electron chi connectivity index (χ3n) is 2.87. The van der Waals surface area contributed by atoms with Gasteiger partial charge in [-0.3, -0.25) is 4.98 Å². The monoisotopic (exact) mass is 234 g/mol. The van der Waals surface area contributed by atoms with E-state index >= 15 is 0 Å². The van der Waals surface area contributed by atoms with Gasteiger partial charge in [-0.2, -0.15) is 0 Å². The third kappa shape index (κ3) is 4.55. The van der Waals surface area contributed by atoms with Crippen molar-refractivity contribution < 1.29 is 4.84 Å². The summed E-state index contributed by atoms with van der Waals surface area (Å²) in [6.45, 7) is 11.0. The van der Waals surface area contributed by atoms with Crippen molar-refractivity contribution in [3.8, 4) is 0 Å². The molecular weight excluding hydrogens is 212 g/mol. The van der Waals surface area contributed by atoms with Crippen molar-refractivity contribution in [3.63, 3.8) is 0 Å². The summed E-state index contributed by atoms with van der Waals surface area (Å²) >= 11 is 0. The fourth-order valence-electron chi connectivity index (χ4n) is 1.20. The van der Waals surface area contributed by atoms with E-state index in [4.69, 9.17) is 4.84 Å². The molecule has 0 bridgehead atoms. The predicted octanol–water partition coefficient (Wildman–Crippen LogP) is 3.57. The average molecular weight is 234 g/mol. The summed E-state index contributed by atoms with van der Waals surface area (Å²) in [4.78, 5) is 9.79. The van der Waals surface area contributed by atoms with Crippen LogP contribution in [0.3, 0.4) is 0 Å². The van der Waals surface area contributed by atoms with Crippen molar-refractivity contribution in [2.45, 2.75) is 41.0 Å². The summed E-state index contributed by atoms with van der Waals surface area (Å²) in [6, 6.07) is 5.89. The number of aromatic nitrogens is 1. The Labute approximate surface area is 104 Å². The molecule has 17 heavy (non-hydrogen) atoms. The zero-order valence-corrected chi connectivity index (χ0v) is 11.4. The molecule has 3 heteroatoms. The number of hydrogen-bond acceptors (Lipinski definition) is 3. The van der Waals surface area contributed by atoms with Crippen LogP contribution in [0.1, 0.15) is 45.5 Å². The number of nitrogens with zero attached hydrogens (tertiary/aromatic N) is 2. The number of aryl methyl sites for hydroxylation is 1. The zero-order valence-electron chi connectivity index (χ0n) is 11.4. The van der Waals surface area contributed by atoms with Crippen LogP contribution < -0.4 is 0 Å². The smallest absolute Gasteiger partial charge is 0.122 e. The van der Waals surface area contributed by atoms with Crippen molar-refractivity contribution >= 4 is 5.71 Å². The average Bonchev–Trinajstić information content (AvgIpc) is 2.28. The maximum atomic E-state index is 5.39. The molecule has 0 fully saturated rings. The van der Waals surface area contributed by atoms with Crippen LogP contribution in [0.2, 0.25) is 0 Å². The van der Waals surface area contributed by atoms with Gasteiger partial charge < -0.3 is 4.84 Å². The Morgan fingerprint density at radius 1 is 1.41 bits per heavy atom. The molecule has 1 rings (SSSR count). The minimum Gasteiger partial charge on any atom is -0.395 e. The van der Waals surface area contributed by atoms with Crippen LogP contribution in [0.4, 0.5) is 0 Å². The summed E-state index contributed by atoms with van der Waals surface area (Å²) in [5.74, 6) is 0.